The van der Waals surface area contributed by atoms with Crippen LogP contribution in [-0.2, 0) is 7.05 Å². The summed E-state index contributed by atoms with van der Waals surface area (Å²) in [6.07, 6.45) is 12.0. The van der Waals surface area contributed by atoms with Crippen molar-refractivity contribution in [3.05, 3.63) is 114 Å². The number of hydrogen-bond donors (Lipinski definition) is 5. The van der Waals surface area contributed by atoms with Gasteiger partial charge in [0.2, 0.25) is 5.95 Å². The molecule has 2 fully saturated rings. The topological polar surface area (TPSA) is 107 Å². The van der Waals surface area contributed by atoms with Crippen LogP contribution in [-0.4, -0.2) is 46.4 Å². The van der Waals surface area contributed by atoms with E-state index in [1.165, 1.54) is 11.0 Å². The summed E-state index contributed by atoms with van der Waals surface area (Å²) in [4.78, 5) is 11.4. The highest BCUT2D eigenvalue weighted by Gasteiger charge is 2.27. The number of allylic oxidation sites excluding steroid dienone is 4. The van der Waals surface area contributed by atoms with Gasteiger partial charge in [0.05, 0.1) is 17.4 Å². The Bertz CT molecular complexity index is 2100. The first-order valence-corrected chi connectivity index (χ1v) is 19.0. The molecule has 0 amide bonds. The zero-order valence-electron chi connectivity index (χ0n) is 31.2. The van der Waals surface area contributed by atoms with Crippen molar-refractivity contribution in [1.82, 2.24) is 30.4 Å². The number of halogens is 1. The molecule has 1 unspecified atom stereocenters. The Kier molecular flexibility index (Phi) is 10.5. The van der Waals surface area contributed by atoms with Crippen LogP contribution in [0.1, 0.15) is 68.5 Å². The molecule has 2 aromatic carbocycles. The highest BCUT2D eigenvalue weighted by molar-refractivity contribution is 6.32. The molecule has 1 atom stereocenters. The largest absolute Gasteiger partial charge is 0.392 e. The molecule has 4 aromatic rings. The fraction of sp³-hybridized carbons (Fsp3) is 0.357. The summed E-state index contributed by atoms with van der Waals surface area (Å²) in [6, 6.07) is 13.3. The van der Waals surface area contributed by atoms with Crippen molar-refractivity contribution in [2.45, 2.75) is 63.3 Å². The second kappa shape index (κ2) is 15.4. The lowest BCUT2D eigenvalue weighted by Crippen LogP contribution is -2.29. The maximum atomic E-state index is 6.58. The van der Waals surface area contributed by atoms with Gasteiger partial charge < -0.3 is 31.5 Å². The molecule has 0 spiro atoms. The van der Waals surface area contributed by atoms with Gasteiger partial charge in [0.25, 0.3) is 0 Å². The molecule has 1 saturated carbocycles. The molecule has 1 saturated heterocycles. The fourth-order valence-electron chi connectivity index (χ4n) is 7.77. The maximum absolute atomic E-state index is 6.58. The van der Waals surface area contributed by atoms with Gasteiger partial charge in [0.15, 0.2) is 5.82 Å². The first kappa shape index (κ1) is 36.2. The second-order valence-electron chi connectivity index (χ2n) is 14.6. The predicted molar refractivity (Wildman–Crippen MR) is 222 cm³/mol. The molecule has 7 rings (SSSR count). The van der Waals surface area contributed by atoms with Crippen molar-refractivity contribution in [3.8, 4) is 0 Å². The van der Waals surface area contributed by atoms with E-state index in [1.807, 2.05) is 24.8 Å². The summed E-state index contributed by atoms with van der Waals surface area (Å²) in [5.74, 6) is 1.87. The molecule has 10 nitrogen and oxygen atoms in total. The lowest BCUT2D eigenvalue weighted by Gasteiger charge is -2.30. The van der Waals surface area contributed by atoms with E-state index < -0.39 is 0 Å². The third kappa shape index (κ3) is 7.93. The summed E-state index contributed by atoms with van der Waals surface area (Å²) in [6.45, 7) is 17.5. The number of nitrogens with zero attached hydrogens (tertiary/aromatic N) is 5. The van der Waals surface area contributed by atoms with E-state index in [0.29, 0.717) is 28.7 Å². The number of hydrogen-bond acceptors (Lipinski definition) is 9. The van der Waals surface area contributed by atoms with Crippen LogP contribution in [0.25, 0.3) is 17.0 Å². The van der Waals surface area contributed by atoms with E-state index in [-0.39, 0.29) is 5.92 Å². The number of piperidine rings is 1. The molecule has 0 bridgehead atoms. The van der Waals surface area contributed by atoms with Crippen LogP contribution in [0.3, 0.4) is 0 Å². The number of anilines is 5. The van der Waals surface area contributed by atoms with Crippen molar-refractivity contribution in [1.29, 1.82) is 0 Å². The van der Waals surface area contributed by atoms with Crippen LogP contribution >= 0.6 is 11.6 Å². The third-order valence-corrected chi connectivity index (χ3v) is 11.3. The number of nitrogens with one attached hydrogen (secondary N) is 5. The van der Waals surface area contributed by atoms with Gasteiger partial charge in [0.1, 0.15) is 5.02 Å². The molecule has 276 valence electrons. The molecule has 2 aliphatic heterocycles. The van der Waals surface area contributed by atoms with Crippen molar-refractivity contribution in [2.75, 3.05) is 41.5 Å². The number of aryl methyl sites for hydroxylation is 1. The van der Waals surface area contributed by atoms with Crippen molar-refractivity contribution >= 4 is 57.4 Å². The van der Waals surface area contributed by atoms with Crippen LogP contribution in [0.15, 0.2) is 97.3 Å². The number of benzene rings is 2. The molecule has 53 heavy (non-hydrogen) atoms. The zero-order chi connectivity index (χ0) is 37.2. The number of aromatic nitrogens is 4. The van der Waals surface area contributed by atoms with Crippen LogP contribution in [0.5, 0.6) is 0 Å². The predicted octanol–water partition coefficient (Wildman–Crippen LogP) is 9.20. The minimum atomic E-state index is 0.192. The number of fused-ring (bicyclic) bond motifs is 2. The lowest BCUT2D eigenvalue weighted by atomic mass is 9.86. The van der Waals surface area contributed by atoms with Gasteiger partial charge in [-0.05, 0) is 105 Å². The Labute approximate surface area is 318 Å². The van der Waals surface area contributed by atoms with Crippen LogP contribution in [0.4, 0.5) is 28.8 Å². The third-order valence-electron chi connectivity index (χ3n) is 11.0. The maximum Gasteiger partial charge on any atom is 0.224 e. The standard InChI is InChI=1S/C42H51ClN10/c1-25(44-5)8-12-30-20-31-21-33(16-19-38(31)52(6)28(30)4)49-41-37(43)24-46-42(50-41)45-23-29-10-13-32(14-11-29)48-34-15-18-36-39(22-34)53(7)51-40(36)35-17-9-26(2)47-27(35)3/h15-16,18-22,24,29,32,35,44,47-48H,1-4,8-14,17,23H2,5-7H3,(H2,45,46,49,50). The molecule has 3 aliphatic rings. The minimum absolute atomic E-state index is 0.192. The number of rotatable bonds is 12. The summed E-state index contributed by atoms with van der Waals surface area (Å²) in [7, 11) is 5.99. The number of likely N-dealkylation sites (N-methyl/N-ethyl adjacent to an activating group) is 1. The summed E-state index contributed by atoms with van der Waals surface area (Å²) in [5.41, 5.74) is 11.7. The Balaban J connectivity index is 0.929. The Morgan fingerprint density at radius 2 is 1.81 bits per heavy atom. The zero-order valence-corrected chi connectivity index (χ0v) is 31.9. The molecule has 5 N–H and O–H groups in total. The summed E-state index contributed by atoms with van der Waals surface area (Å²) in [5, 5.41) is 23.8. The van der Waals surface area contributed by atoms with Gasteiger partial charge in [-0.2, -0.15) is 10.1 Å². The minimum Gasteiger partial charge on any atom is -0.392 e. The highest BCUT2D eigenvalue weighted by atomic mass is 35.5. The van der Waals surface area contributed by atoms with Crippen molar-refractivity contribution in [3.63, 3.8) is 0 Å². The van der Waals surface area contributed by atoms with Crippen LogP contribution in [0.2, 0.25) is 5.02 Å². The van der Waals surface area contributed by atoms with E-state index in [2.05, 4.69) is 106 Å². The van der Waals surface area contributed by atoms with Crippen molar-refractivity contribution < 1.29 is 0 Å². The van der Waals surface area contributed by atoms with Gasteiger partial charge in [-0.15, -0.1) is 0 Å². The lowest BCUT2D eigenvalue weighted by molar-refractivity contribution is 0.351. The van der Waals surface area contributed by atoms with Crippen LogP contribution < -0.4 is 31.5 Å². The van der Waals surface area contributed by atoms with Gasteiger partial charge >= 0.3 is 0 Å². The average molecular weight is 731 g/mol. The average Bonchev–Trinajstić information content (AvgIpc) is 3.47. The van der Waals surface area contributed by atoms with E-state index in [9.17, 15) is 0 Å². The fourth-order valence-corrected chi connectivity index (χ4v) is 7.91. The highest BCUT2D eigenvalue weighted by Crippen LogP contribution is 2.39. The summed E-state index contributed by atoms with van der Waals surface area (Å²) < 4.78 is 2.00. The van der Waals surface area contributed by atoms with E-state index >= 15 is 0 Å². The Hall–Kier alpha value is -5.22. The van der Waals surface area contributed by atoms with Gasteiger partial charge in [-0.3, -0.25) is 4.68 Å². The normalized spacial score (nSPS) is 20.1. The molecule has 1 aliphatic carbocycles. The Morgan fingerprint density at radius 1 is 1.02 bits per heavy atom. The second-order valence-corrected chi connectivity index (χ2v) is 15.1. The van der Waals surface area contributed by atoms with Gasteiger partial charge in [0, 0.05) is 90.4 Å². The van der Waals surface area contributed by atoms with Gasteiger partial charge in [-0.25, -0.2) is 4.98 Å². The molecule has 11 heteroatoms. The molecule has 2 aromatic heterocycles. The van der Waals surface area contributed by atoms with E-state index in [4.69, 9.17) is 21.7 Å². The quantitative estimate of drug-likeness (QED) is 0.0976. The first-order valence-electron chi connectivity index (χ1n) is 18.6. The molecule has 4 heterocycles. The van der Waals surface area contributed by atoms with E-state index in [1.54, 1.807) is 6.20 Å². The SMILES string of the molecule is C=C(CCC1=Cc2cc(Nc3nc(NCC4CCC(Nc5ccc6c(C7CCC(=C)NC7=C)nn(C)c6c5)CC4)ncc3Cl)ccc2N(C)C1=C)NC. The smallest absolute Gasteiger partial charge is 0.224 e. The van der Waals surface area contributed by atoms with E-state index in [0.717, 1.165) is 115 Å². The van der Waals surface area contributed by atoms with Gasteiger partial charge in [-0.1, -0.05) is 37.9 Å². The monoisotopic (exact) mass is 730 g/mol. The molecular weight excluding hydrogens is 680 g/mol. The first-order chi connectivity index (χ1) is 25.6. The molecule has 0 radical (unpaired) electrons. The Morgan fingerprint density at radius 3 is 2.58 bits per heavy atom. The molecular formula is C42H51ClN10. The van der Waals surface area contributed by atoms with Crippen molar-refractivity contribution in [2.24, 2.45) is 13.0 Å². The van der Waals surface area contributed by atoms with Crippen LogP contribution in [0, 0.1) is 5.92 Å². The summed E-state index contributed by atoms with van der Waals surface area (Å²) >= 11 is 6.58.